The number of ether oxygens (including phenoxy) is 1. The SMILES string of the molecule is COc1cccc(C2CCNc3nc(C(=O)O)nn32)c1. The average molecular weight is 274 g/mol. The first-order valence-electron chi connectivity index (χ1n) is 6.26. The van der Waals surface area contributed by atoms with E-state index in [1.54, 1.807) is 11.8 Å². The van der Waals surface area contributed by atoms with Gasteiger partial charge in [0.2, 0.25) is 5.95 Å². The highest BCUT2D eigenvalue weighted by Crippen LogP contribution is 2.30. The number of carboxylic acids is 1. The number of carbonyl (C=O) groups is 1. The number of nitrogens with one attached hydrogen (secondary N) is 1. The molecule has 1 aliphatic rings. The molecule has 2 N–H and O–H groups in total. The molecule has 0 radical (unpaired) electrons. The molecule has 0 saturated heterocycles. The van der Waals surface area contributed by atoms with Gasteiger partial charge >= 0.3 is 5.97 Å². The van der Waals surface area contributed by atoms with Crippen molar-refractivity contribution in [3.63, 3.8) is 0 Å². The van der Waals surface area contributed by atoms with Gasteiger partial charge in [0.05, 0.1) is 13.2 Å². The van der Waals surface area contributed by atoms with Crippen LogP contribution in [0.1, 0.15) is 28.6 Å². The van der Waals surface area contributed by atoms with Gasteiger partial charge in [0.1, 0.15) is 5.75 Å². The fourth-order valence-electron chi connectivity index (χ4n) is 2.35. The molecule has 1 aromatic carbocycles. The quantitative estimate of drug-likeness (QED) is 0.879. The second kappa shape index (κ2) is 4.84. The minimum Gasteiger partial charge on any atom is -0.497 e. The number of benzene rings is 1. The van der Waals surface area contributed by atoms with Crippen LogP contribution in [0.25, 0.3) is 0 Å². The molecule has 0 amide bonds. The molecular weight excluding hydrogens is 260 g/mol. The summed E-state index contributed by atoms with van der Waals surface area (Å²) in [6.45, 7) is 0.722. The molecule has 1 unspecified atom stereocenters. The van der Waals surface area contributed by atoms with Crippen molar-refractivity contribution in [2.45, 2.75) is 12.5 Å². The van der Waals surface area contributed by atoms with Crippen molar-refractivity contribution in [1.29, 1.82) is 0 Å². The molecule has 2 heterocycles. The fourth-order valence-corrected chi connectivity index (χ4v) is 2.35. The van der Waals surface area contributed by atoms with Crippen LogP contribution in [0.5, 0.6) is 5.75 Å². The first-order valence-corrected chi connectivity index (χ1v) is 6.26. The van der Waals surface area contributed by atoms with E-state index in [0.717, 1.165) is 24.3 Å². The standard InChI is InChI=1S/C13H14N4O3/c1-20-9-4-2-3-8(7-9)10-5-6-14-13-15-11(12(18)19)16-17(10)13/h2-4,7,10H,5-6H2,1H3,(H,18,19)(H,14,15,16). The Morgan fingerprint density at radius 3 is 3.15 bits per heavy atom. The van der Waals surface area contributed by atoms with E-state index >= 15 is 0 Å². The third kappa shape index (κ3) is 2.07. The topological polar surface area (TPSA) is 89.3 Å². The Balaban J connectivity index is 2.02. The van der Waals surface area contributed by atoms with E-state index < -0.39 is 5.97 Å². The van der Waals surface area contributed by atoms with E-state index in [9.17, 15) is 4.79 Å². The van der Waals surface area contributed by atoms with Gasteiger partial charge < -0.3 is 15.2 Å². The van der Waals surface area contributed by atoms with Crippen LogP contribution in [0.3, 0.4) is 0 Å². The van der Waals surface area contributed by atoms with Crippen molar-refractivity contribution in [2.75, 3.05) is 19.0 Å². The molecule has 1 aliphatic heterocycles. The predicted octanol–water partition coefficient (Wildman–Crippen LogP) is 1.39. The number of methoxy groups -OCH3 is 1. The Bertz CT molecular complexity index is 653. The number of aromatic carboxylic acids is 1. The molecule has 2 aromatic rings. The lowest BCUT2D eigenvalue weighted by atomic mass is 10.0. The third-order valence-electron chi connectivity index (χ3n) is 3.30. The van der Waals surface area contributed by atoms with Gasteiger partial charge in [0.25, 0.3) is 5.82 Å². The lowest BCUT2D eigenvalue weighted by molar-refractivity contribution is 0.0683. The molecule has 1 atom stereocenters. The fraction of sp³-hybridized carbons (Fsp3) is 0.308. The van der Waals surface area contributed by atoms with E-state index in [-0.39, 0.29) is 11.9 Å². The number of carboxylic acid groups (broad SMARTS) is 1. The number of rotatable bonds is 3. The summed E-state index contributed by atoms with van der Waals surface area (Å²) in [5.74, 6) is -0.0667. The molecule has 7 heteroatoms. The van der Waals surface area contributed by atoms with Gasteiger partial charge in [-0.2, -0.15) is 4.98 Å². The van der Waals surface area contributed by atoms with Crippen molar-refractivity contribution in [3.05, 3.63) is 35.7 Å². The summed E-state index contributed by atoms with van der Waals surface area (Å²) in [5, 5.41) is 16.1. The molecule has 0 aliphatic carbocycles. The van der Waals surface area contributed by atoms with Gasteiger partial charge in [-0.1, -0.05) is 12.1 Å². The molecular formula is C13H14N4O3. The van der Waals surface area contributed by atoms with Crippen LogP contribution in [-0.4, -0.2) is 39.5 Å². The Labute approximate surface area is 115 Å². The number of nitrogens with zero attached hydrogens (tertiary/aromatic N) is 3. The second-order valence-electron chi connectivity index (χ2n) is 4.52. The summed E-state index contributed by atoms with van der Waals surface area (Å²) in [5.41, 5.74) is 1.02. The number of fused-ring (bicyclic) bond motifs is 1. The minimum atomic E-state index is -1.13. The molecule has 0 spiro atoms. The molecule has 1 aromatic heterocycles. The summed E-state index contributed by atoms with van der Waals surface area (Å²) >= 11 is 0. The third-order valence-corrected chi connectivity index (χ3v) is 3.30. The summed E-state index contributed by atoms with van der Waals surface area (Å²) in [6, 6.07) is 7.65. The van der Waals surface area contributed by atoms with Crippen molar-refractivity contribution in [3.8, 4) is 5.75 Å². The van der Waals surface area contributed by atoms with E-state index in [1.807, 2.05) is 24.3 Å². The van der Waals surface area contributed by atoms with Gasteiger partial charge in [-0.3, -0.25) is 0 Å². The zero-order valence-corrected chi connectivity index (χ0v) is 10.9. The van der Waals surface area contributed by atoms with Gasteiger partial charge in [-0.25, -0.2) is 9.48 Å². The van der Waals surface area contributed by atoms with Gasteiger partial charge in [0.15, 0.2) is 0 Å². The van der Waals surface area contributed by atoms with Gasteiger partial charge in [-0.05, 0) is 24.1 Å². The van der Waals surface area contributed by atoms with E-state index in [2.05, 4.69) is 15.4 Å². The van der Waals surface area contributed by atoms with Gasteiger partial charge in [0, 0.05) is 6.54 Å². The number of aromatic nitrogens is 3. The molecule has 20 heavy (non-hydrogen) atoms. The highest BCUT2D eigenvalue weighted by atomic mass is 16.5. The number of hydrogen-bond donors (Lipinski definition) is 2. The maximum Gasteiger partial charge on any atom is 0.375 e. The van der Waals surface area contributed by atoms with Crippen LogP contribution >= 0.6 is 0 Å². The summed E-state index contributed by atoms with van der Waals surface area (Å²) < 4.78 is 6.85. The Kier molecular flexibility index (Phi) is 3.02. The normalized spacial score (nSPS) is 17.1. The lowest BCUT2D eigenvalue weighted by Crippen LogP contribution is -2.24. The highest BCUT2D eigenvalue weighted by Gasteiger charge is 2.26. The van der Waals surface area contributed by atoms with Crippen molar-refractivity contribution >= 4 is 11.9 Å². The largest absolute Gasteiger partial charge is 0.497 e. The lowest BCUT2D eigenvalue weighted by Gasteiger charge is -2.24. The van der Waals surface area contributed by atoms with Crippen LogP contribution < -0.4 is 10.1 Å². The molecule has 0 saturated carbocycles. The maximum atomic E-state index is 11.0. The second-order valence-corrected chi connectivity index (χ2v) is 4.52. The summed E-state index contributed by atoms with van der Waals surface area (Å²) in [4.78, 5) is 15.0. The van der Waals surface area contributed by atoms with E-state index in [4.69, 9.17) is 9.84 Å². The first kappa shape index (κ1) is 12.5. The first-order chi connectivity index (χ1) is 9.69. The Morgan fingerprint density at radius 1 is 1.55 bits per heavy atom. The van der Waals surface area contributed by atoms with E-state index in [0.29, 0.717) is 5.95 Å². The Hall–Kier alpha value is -2.57. The van der Waals surface area contributed by atoms with Crippen LogP contribution in [0.4, 0.5) is 5.95 Å². The van der Waals surface area contributed by atoms with Crippen LogP contribution in [0, 0.1) is 0 Å². The van der Waals surface area contributed by atoms with Gasteiger partial charge in [-0.15, -0.1) is 5.10 Å². The van der Waals surface area contributed by atoms with E-state index in [1.165, 1.54) is 0 Å². The molecule has 0 fully saturated rings. The summed E-state index contributed by atoms with van der Waals surface area (Å²) in [6.07, 6.45) is 0.808. The molecule has 104 valence electrons. The zero-order chi connectivity index (χ0) is 14.1. The van der Waals surface area contributed by atoms with Crippen molar-refractivity contribution < 1.29 is 14.6 Å². The predicted molar refractivity (Wildman–Crippen MR) is 71.2 cm³/mol. The smallest absolute Gasteiger partial charge is 0.375 e. The monoisotopic (exact) mass is 274 g/mol. The maximum absolute atomic E-state index is 11.0. The average Bonchev–Trinajstić information content (AvgIpc) is 2.91. The van der Waals surface area contributed by atoms with Crippen LogP contribution in [0.2, 0.25) is 0 Å². The summed E-state index contributed by atoms with van der Waals surface area (Å²) in [7, 11) is 1.62. The molecule has 3 rings (SSSR count). The highest BCUT2D eigenvalue weighted by molar-refractivity contribution is 5.83. The van der Waals surface area contributed by atoms with Crippen molar-refractivity contribution in [1.82, 2.24) is 14.8 Å². The van der Waals surface area contributed by atoms with Crippen LogP contribution in [0.15, 0.2) is 24.3 Å². The molecule has 7 nitrogen and oxygen atoms in total. The minimum absolute atomic E-state index is 0.0399. The zero-order valence-electron chi connectivity index (χ0n) is 10.9. The van der Waals surface area contributed by atoms with Crippen LogP contribution in [-0.2, 0) is 0 Å². The number of hydrogen-bond acceptors (Lipinski definition) is 5. The number of anilines is 1. The molecule has 0 bridgehead atoms. The van der Waals surface area contributed by atoms with Crippen molar-refractivity contribution in [2.24, 2.45) is 0 Å². The Morgan fingerprint density at radius 2 is 2.40 bits per heavy atom.